The third-order valence-corrected chi connectivity index (χ3v) is 2.97. The second kappa shape index (κ2) is 7.36. The van der Waals surface area contributed by atoms with E-state index in [1.165, 1.54) is 0 Å². The third-order valence-electron chi connectivity index (χ3n) is 2.97. The van der Waals surface area contributed by atoms with E-state index in [0.29, 0.717) is 5.56 Å². The molecular weight excluding hydrogens is 278 g/mol. The first-order chi connectivity index (χ1) is 10.6. The van der Waals surface area contributed by atoms with Crippen molar-refractivity contribution in [2.75, 3.05) is 11.9 Å². The molecule has 0 unspecified atom stereocenters. The van der Waals surface area contributed by atoms with Gasteiger partial charge in [0.25, 0.3) is 5.91 Å². The summed E-state index contributed by atoms with van der Waals surface area (Å²) in [6.45, 7) is 3.82. The van der Waals surface area contributed by atoms with Gasteiger partial charge in [0.1, 0.15) is 6.10 Å². The molecule has 0 aliphatic heterocycles. The zero-order chi connectivity index (χ0) is 15.9. The van der Waals surface area contributed by atoms with Gasteiger partial charge in [0.05, 0.1) is 18.1 Å². The van der Waals surface area contributed by atoms with Crippen molar-refractivity contribution in [1.82, 2.24) is 4.98 Å². The van der Waals surface area contributed by atoms with E-state index in [1.807, 2.05) is 32.0 Å². The number of oxime groups is 1. The van der Waals surface area contributed by atoms with Gasteiger partial charge in [-0.05, 0) is 43.7 Å². The monoisotopic (exact) mass is 297 g/mol. The van der Waals surface area contributed by atoms with Gasteiger partial charge in [-0.1, -0.05) is 17.3 Å². The number of hydrogen-bond acceptors (Lipinski definition) is 4. The van der Waals surface area contributed by atoms with Crippen molar-refractivity contribution in [2.24, 2.45) is 5.16 Å². The number of benzene rings is 1. The zero-order valence-corrected chi connectivity index (χ0v) is 12.9. The first-order valence-electron chi connectivity index (χ1n) is 7.05. The van der Waals surface area contributed by atoms with Crippen molar-refractivity contribution in [3.05, 3.63) is 59.9 Å². The van der Waals surface area contributed by atoms with Gasteiger partial charge >= 0.3 is 0 Å². The number of hydrogen-bond donors (Lipinski definition) is 0. The highest BCUT2D eigenvalue weighted by Crippen LogP contribution is 2.14. The van der Waals surface area contributed by atoms with Crippen molar-refractivity contribution in [1.29, 1.82) is 0 Å². The normalized spacial score (nSPS) is 10.9. The molecule has 5 heteroatoms. The van der Waals surface area contributed by atoms with E-state index in [9.17, 15) is 4.79 Å². The van der Waals surface area contributed by atoms with Gasteiger partial charge in [0, 0.05) is 18.8 Å². The lowest BCUT2D eigenvalue weighted by Crippen LogP contribution is -2.26. The predicted octanol–water partition coefficient (Wildman–Crippen LogP) is 3.12. The number of carbonyl (C=O) groups is 1. The fourth-order valence-electron chi connectivity index (χ4n) is 1.79. The molecule has 1 amide bonds. The van der Waals surface area contributed by atoms with Crippen molar-refractivity contribution < 1.29 is 9.63 Å². The molecule has 0 spiro atoms. The van der Waals surface area contributed by atoms with Crippen molar-refractivity contribution >= 4 is 17.8 Å². The van der Waals surface area contributed by atoms with Crippen LogP contribution >= 0.6 is 0 Å². The fourth-order valence-corrected chi connectivity index (χ4v) is 1.79. The summed E-state index contributed by atoms with van der Waals surface area (Å²) in [5.74, 6) is -0.0880. The SMILES string of the molecule is CC(C)O/N=C/c1ccc(C(=O)N(C)c2cccnc2)cc1. The van der Waals surface area contributed by atoms with Crippen LogP contribution in [0, 0.1) is 0 Å². The first kappa shape index (κ1) is 15.7. The Morgan fingerprint density at radius 2 is 2.00 bits per heavy atom. The molecule has 5 nitrogen and oxygen atoms in total. The number of carbonyl (C=O) groups excluding carboxylic acids is 1. The molecule has 0 aliphatic carbocycles. The molecule has 1 heterocycles. The highest BCUT2D eigenvalue weighted by atomic mass is 16.6. The number of anilines is 1. The van der Waals surface area contributed by atoms with Gasteiger partial charge in [-0.25, -0.2) is 0 Å². The number of aromatic nitrogens is 1. The van der Waals surface area contributed by atoms with Gasteiger partial charge in [0.15, 0.2) is 0 Å². The van der Waals surface area contributed by atoms with E-state index in [2.05, 4.69) is 10.1 Å². The van der Waals surface area contributed by atoms with Crippen LogP contribution in [-0.2, 0) is 4.84 Å². The van der Waals surface area contributed by atoms with Crippen LogP contribution in [0.25, 0.3) is 0 Å². The molecule has 22 heavy (non-hydrogen) atoms. The summed E-state index contributed by atoms with van der Waals surface area (Å²) in [6.07, 6.45) is 5.00. The van der Waals surface area contributed by atoms with Crippen LogP contribution in [0.15, 0.2) is 53.9 Å². The summed E-state index contributed by atoms with van der Waals surface area (Å²) < 4.78 is 0. The topological polar surface area (TPSA) is 54.8 Å². The van der Waals surface area contributed by atoms with Crippen LogP contribution in [0.1, 0.15) is 29.8 Å². The van der Waals surface area contributed by atoms with Gasteiger partial charge in [-0.3, -0.25) is 9.78 Å². The lowest BCUT2D eigenvalue weighted by atomic mass is 10.1. The Morgan fingerprint density at radius 3 is 2.59 bits per heavy atom. The van der Waals surface area contributed by atoms with E-state index in [4.69, 9.17) is 4.84 Å². The highest BCUT2D eigenvalue weighted by molar-refractivity contribution is 6.05. The maximum Gasteiger partial charge on any atom is 0.258 e. The molecular formula is C17H19N3O2. The minimum atomic E-state index is -0.0880. The van der Waals surface area contributed by atoms with E-state index in [0.717, 1.165) is 11.3 Å². The average molecular weight is 297 g/mol. The smallest absolute Gasteiger partial charge is 0.258 e. The maximum absolute atomic E-state index is 12.4. The van der Waals surface area contributed by atoms with Crippen LogP contribution in [0.5, 0.6) is 0 Å². The molecule has 1 aromatic carbocycles. The van der Waals surface area contributed by atoms with Gasteiger partial charge in [0.2, 0.25) is 0 Å². The second-order valence-electron chi connectivity index (χ2n) is 5.09. The van der Waals surface area contributed by atoms with Crippen LogP contribution in [0.4, 0.5) is 5.69 Å². The molecule has 0 saturated heterocycles. The first-order valence-corrected chi connectivity index (χ1v) is 7.05. The number of pyridine rings is 1. The summed E-state index contributed by atoms with van der Waals surface area (Å²) in [4.78, 5) is 23.1. The van der Waals surface area contributed by atoms with E-state index in [-0.39, 0.29) is 12.0 Å². The van der Waals surface area contributed by atoms with Gasteiger partial charge in [-0.2, -0.15) is 0 Å². The van der Waals surface area contributed by atoms with Crippen LogP contribution in [-0.4, -0.2) is 30.3 Å². The Balaban J connectivity index is 2.07. The predicted molar refractivity (Wildman–Crippen MR) is 87.2 cm³/mol. The summed E-state index contributed by atoms with van der Waals surface area (Å²) in [7, 11) is 1.73. The minimum Gasteiger partial charge on any atom is -0.393 e. The molecule has 2 rings (SSSR count). The summed E-state index contributed by atoms with van der Waals surface area (Å²) >= 11 is 0. The Morgan fingerprint density at radius 1 is 1.27 bits per heavy atom. The van der Waals surface area contributed by atoms with Crippen molar-refractivity contribution in [3.8, 4) is 0 Å². The molecule has 0 fully saturated rings. The molecule has 114 valence electrons. The van der Waals surface area contributed by atoms with Crippen molar-refractivity contribution in [3.63, 3.8) is 0 Å². The molecule has 0 N–H and O–H groups in total. The number of amides is 1. The Hall–Kier alpha value is -2.69. The Kier molecular flexibility index (Phi) is 5.25. The second-order valence-corrected chi connectivity index (χ2v) is 5.09. The standard InChI is InChI=1S/C17H19N3O2/c1-13(2)22-19-11-14-6-8-15(9-7-14)17(21)20(3)16-5-4-10-18-12-16/h4-13H,1-3H3/b19-11+. The molecule has 0 radical (unpaired) electrons. The molecule has 0 bridgehead atoms. The Bertz CT molecular complexity index is 637. The number of rotatable bonds is 5. The van der Waals surface area contributed by atoms with Crippen LogP contribution in [0.3, 0.4) is 0 Å². The minimum absolute atomic E-state index is 0.0465. The lowest BCUT2D eigenvalue weighted by Gasteiger charge is -2.16. The van der Waals surface area contributed by atoms with Gasteiger partial charge in [-0.15, -0.1) is 0 Å². The summed E-state index contributed by atoms with van der Waals surface area (Å²) in [5, 5.41) is 3.87. The van der Waals surface area contributed by atoms with E-state index >= 15 is 0 Å². The molecule has 0 saturated carbocycles. The quantitative estimate of drug-likeness (QED) is 0.629. The lowest BCUT2D eigenvalue weighted by molar-refractivity contribution is 0.0873. The zero-order valence-electron chi connectivity index (χ0n) is 12.9. The van der Waals surface area contributed by atoms with Crippen molar-refractivity contribution in [2.45, 2.75) is 20.0 Å². The molecule has 0 aliphatic rings. The highest BCUT2D eigenvalue weighted by Gasteiger charge is 2.13. The number of nitrogens with zero attached hydrogens (tertiary/aromatic N) is 3. The molecule has 2 aromatic rings. The third kappa shape index (κ3) is 4.15. The fraction of sp³-hybridized carbons (Fsp3) is 0.235. The largest absolute Gasteiger partial charge is 0.393 e. The van der Waals surface area contributed by atoms with Crippen LogP contribution in [0.2, 0.25) is 0 Å². The maximum atomic E-state index is 12.4. The molecule has 1 aromatic heterocycles. The Labute approximate surface area is 130 Å². The van der Waals surface area contributed by atoms with E-state index in [1.54, 1.807) is 48.8 Å². The summed E-state index contributed by atoms with van der Waals surface area (Å²) in [6, 6.07) is 10.8. The van der Waals surface area contributed by atoms with E-state index < -0.39 is 0 Å². The summed E-state index contributed by atoms with van der Waals surface area (Å²) in [5.41, 5.74) is 2.23. The van der Waals surface area contributed by atoms with Crippen LogP contribution < -0.4 is 4.90 Å². The average Bonchev–Trinajstić information content (AvgIpc) is 2.54. The molecule has 0 atom stereocenters. The van der Waals surface area contributed by atoms with Gasteiger partial charge < -0.3 is 9.74 Å².